The van der Waals surface area contributed by atoms with Crippen molar-refractivity contribution in [3.8, 4) is 0 Å². The predicted molar refractivity (Wildman–Crippen MR) is 22.8 cm³/mol. The molecule has 0 saturated heterocycles. The van der Waals surface area contributed by atoms with Crippen LogP contribution in [0.3, 0.4) is 0 Å². The standard InChI is InChI=1S/Ba.HO2P.H2O.2H/c;1-3-2;;;/h;3H;1H2;;/q+2;;;2*-1/p+1. The molecule has 0 radical (unpaired) electrons. The summed E-state index contributed by atoms with van der Waals surface area (Å²) in [6.07, 6.45) is 0. The van der Waals surface area contributed by atoms with Crippen LogP contribution in [0.4, 0.5) is 0 Å². The first-order chi connectivity index (χ1) is 1.41. The fourth-order valence-corrected chi connectivity index (χ4v) is 0. The Bertz CT molecular complexity index is 20.4. The van der Waals surface area contributed by atoms with Gasteiger partial charge in [0.15, 0.2) is 0 Å². The molecule has 3 N–H and O–H groups in total. The van der Waals surface area contributed by atoms with Crippen molar-refractivity contribution in [3.63, 3.8) is 0 Å². The minimum absolute atomic E-state index is 0. The average molecular weight is 222 g/mol. The molecule has 0 heterocycles. The van der Waals surface area contributed by atoms with Gasteiger partial charge < -0.3 is 8.33 Å². The first-order valence-electron chi connectivity index (χ1n) is 0.428. The van der Waals surface area contributed by atoms with Gasteiger partial charge >= 0.3 is 57.6 Å². The second kappa shape index (κ2) is 17.6. The van der Waals surface area contributed by atoms with E-state index in [0.29, 0.717) is 0 Å². The molecule has 1 unspecified atom stereocenters. The van der Waals surface area contributed by atoms with Crippen LogP contribution in [0, 0.1) is 0 Å². The zero-order valence-corrected chi connectivity index (χ0v) is 8.00. The summed E-state index contributed by atoms with van der Waals surface area (Å²) in [4.78, 5) is 7.04. The van der Waals surface area contributed by atoms with Crippen LogP contribution in [0.25, 0.3) is 0 Å². The van der Waals surface area contributed by atoms with Crippen LogP contribution in [-0.2, 0) is 4.57 Å². The molecule has 5 heavy (non-hydrogen) atoms. The molecule has 1 atom stereocenters. The van der Waals surface area contributed by atoms with Crippen LogP contribution in [-0.4, -0.2) is 59.3 Å². The first-order valence-corrected chi connectivity index (χ1v) is 1.28. The Morgan fingerprint density at radius 2 is 1.80 bits per heavy atom. The molecule has 3 nitrogen and oxygen atoms in total. The van der Waals surface area contributed by atoms with E-state index in [9.17, 15) is 0 Å². The van der Waals surface area contributed by atoms with Gasteiger partial charge in [-0.1, -0.05) is 0 Å². The fraction of sp³-hybridized carbons (Fsp3) is 0. The van der Waals surface area contributed by atoms with Crippen LogP contribution in [0.2, 0.25) is 0 Å². The van der Waals surface area contributed by atoms with Crippen LogP contribution in [0.15, 0.2) is 0 Å². The molecule has 0 rings (SSSR count). The van der Waals surface area contributed by atoms with E-state index in [2.05, 4.69) is 0 Å². The van der Waals surface area contributed by atoms with Gasteiger partial charge in [-0.25, -0.2) is 0 Å². The van der Waals surface area contributed by atoms with Crippen LogP contribution >= 0.6 is 8.69 Å². The third kappa shape index (κ3) is 28.5. The van der Waals surface area contributed by atoms with Gasteiger partial charge in [0.25, 0.3) is 0 Å². The molecule has 0 aromatic heterocycles. The van der Waals surface area contributed by atoms with Gasteiger partial charge in [0.1, 0.15) is 0 Å². The zero-order valence-electron chi connectivity index (χ0n) is 4.56. The summed E-state index contributed by atoms with van der Waals surface area (Å²) in [6.45, 7) is 0. The van der Waals surface area contributed by atoms with Crippen LogP contribution in [0.5, 0.6) is 0 Å². The molecule has 0 spiro atoms. The maximum Gasteiger partial charge on any atom is 2.00 e. The van der Waals surface area contributed by atoms with Crippen LogP contribution in [0.1, 0.15) is 2.85 Å². The van der Waals surface area contributed by atoms with Gasteiger partial charge in [0, 0.05) is 0 Å². The number of hydrogen-bond acceptors (Lipinski definition) is 1. The molecule has 5 heteroatoms. The third-order valence-electron chi connectivity index (χ3n) is 0. The Labute approximate surface area is 74.4 Å². The maximum atomic E-state index is 8.51. The van der Waals surface area contributed by atoms with Crippen molar-refractivity contribution in [1.82, 2.24) is 0 Å². The molecule has 0 saturated carbocycles. The molecule has 0 bridgehead atoms. The van der Waals surface area contributed by atoms with E-state index in [4.69, 9.17) is 9.46 Å². The normalized spacial score (nSPS) is 4.20. The van der Waals surface area contributed by atoms with E-state index in [1.165, 1.54) is 0 Å². The van der Waals surface area contributed by atoms with Gasteiger partial charge in [-0.05, 0) is 4.57 Å². The van der Waals surface area contributed by atoms with Crippen LogP contribution < -0.4 is 0 Å². The van der Waals surface area contributed by atoms with Crippen molar-refractivity contribution in [2.75, 3.05) is 0 Å². The van der Waals surface area contributed by atoms with Crippen molar-refractivity contribution < 1.29 is 17.8 Å². The van der Waals surface area contributed by atoms with E-state index in [-0.39, 0.29) is 57.2 Å². The van der Waals surface area contributed by atoms with Gasteiger partial charge in [0.2, 0.25) is 0 Å². The SMILES string of the molecule is O.O=[PH+]O.[Ba+2].[H-].[H-]. The molecule has 30 valence electrons. The van der Waals surface area contributed by atoms with E-state index in [1.807, 2.05) is 0 Å². The second-order valence-electron chi connectivity index (χ2n) is 0.0913. The minimum Gasteiger partial charge on any atom is -1.00 e. The summed E-state index contributed by atoms with van der Waals surface area (Å²) >= 11 is 0. The maximum absolute atomic E-state index is 8.51. The minimum atomic E-state index is -1.17. The number of hydrogen-bond donors (Lipinski definition) is 1. The second-order valence-corrected chi connectivity index (χ2v) is 0.274. The predicted octanol–water partition coefficient (Wildman–Crippen LogP) is -1.06. The van der Waals surface area contributed by atoms with Gasteiger partial charge in [-0.2, -0.15) is 4.89 Å². The fourth-order valence-electron chi connectivity index (χ4n) is 0. The average Bonchev–Trinajstić information content (AvgIpc) is 0.918. The summed E-state index contributed by atoms with van der Waals surface area (Å²) in [6, 6.07) is 0. The molecule has 0 aliphatic rings. The first kappa shape index (κ1) is 16.0. The molecular formula is H6BaO3P+. The Kier molecular flexibility index (Phi) is 56.1. The monoisotopic (exact) mass is 223 g/mol. The van der Waals surface area contributed by atoms with Gasteiger partial charge in [0.05, 0.1) is 0 Å². The van der Waals surface area contributed by atoms with E-state index in [1.54, 1.807) is 0 Å². The number of rotatable bonds is 0. The molecule has 0 aromatic rings. The van der Waals surface area contributed by atoms with E-state index in [0.717, 1.165) is 0 Å². The molecule has 0 amide bonds. The molecule has 0 fully saturated rings. The summed E-state index contributed by atoms with van der Waals surface area (Å²) < 4.78 is 8.51. The summed E-state index contributed by atoms with van der Waals surface area (Å²) in [5, 5.41) is 0. The van der Waals surface area contributed by atoms with Crippen molar-refractivity contribution in [3.05, 3.63) is 0 Å². The molecule has 0 aliphatic carbocycles. The zero-order chi connectivity index (χ0) is 2.71. The van der Waals surface area contributed by atoms with Crippen molar-refractivity contribution in [2.24, 2.45) is 0 Å². The summed E-state index contributed by atoms with van der Waals surface area (Å²) in [7, 11) is -1.17. The third-order valence-corrected chi connectivity index (χ3v) is 0. The summed E-state index contributed by atoms with van der Waals surface area (Å²) in [5.74, 6) is 0. The topological polar surface area (TPSA) is 68.8 Å². The Morgan fingerprint density at radius 1 is 1.80 bits per heavy atom. The quantitative estimate of drug-likeness (QED) is 0.419. The largest absolute Gasteiger partial charge is 2.00 e. The van der Waals surface area contributed by atoms with E-state index < -0.39 is 8.69 Å². The summed E-state index contributed by atoms with van der Waals surface area (Å²) in [5.41, 5.74) is 0. The Morgan fingerprint density at radius 3 is 1.80 bits per heavy atom. The van der Waals surface area contributed by atoms with Gasteiger partial charge in [-0.15, -0.1) is 0 Å². The molecule has 0 aliphatic heterocycles. The van der Waals surface area contributed by atoms with Crippen molar-refractivity contribution in [2.45, 2.75) is 0 Å². The molecular weight excluding hydrogens is 216 g/mol. The van der Waals surface area contributed by atoms with Crippen molar-refractivity contribution >= 4 is 57.6 Å². The Hall–Kier alpha value is 1.59. The van der Waals surface area contributed by atoms with E-state index >= 15 is 0 Å². The Balaban J connectivity index is -0.00000000333. The smallest absolute Gasteiger partial charge is 1.00 e. The van der Waals surface area contributed by atoms with Crippen molar-refractivity contribution in [1.29, 1.82) is 0 Å². The van der Waals surface area contributed by atoms with Gasteiger partial charge in [-0.3, -0.25) is 0 Å². The molecule has 0 aromatic carbocycles.